The average molecular weight is 450 g/mol. The van der Waals surface area contributed by atoms with Gasteiger partial charge in [-0.15, -0.1) is 11.3 Å². The van der Waals surface area contributed by atoms with Crippen LogP contribution in [0, 0.1) is 5.92 Å². The second-order valence-electron chi connectivity index (χ2n) is 6.96. The number of benzene rings is 1. The van der Waals surface area contributed by atoms with E-state index in [1.54, 1.807) is 17.4 Å². The maximum absolute atomic E-state index is 13.0. The molecule has 1 aromatic heterocycles. The summed E-state index contributed by atoms with van der Waals surface area (Å²) in [6.07, 6.45) is 6.52. The van der Waals surface area contributed by atoms with Gasteiger partial charge >= 0.3 is 5.97 Å². The molecule has 0 unspecified atom stereocenters. The fourth-order valence-corrected chi connectivity index (χ4v) is 4.82. The van der Waals surface area contributed by atoms with Gasteiger partial charge in [0.1, 0.15) is 6.04 Å². The molecule has 1 amide bonds. The Labute approximate surface area is 172 Å². The summed E-state index contributed by atoms with van der Waals surface area (Å²) in [6, 6.07) is 8.93. The number of ether oxygens (including phenoxy) is 1. The fraction of sp³-hybridized carbons (Fsp3) is 0.429. The number of methoxy groups -OCH3 is 1. The van der Waals surface area contributed by atoms with Crippen molar-refractivity contribution in [2.75, 3.05) is 7.11 Å². The monoisotopic (exact) mass is 449 g/mol. The molecule has 1 saturated carbocycles. The number of carbonyl (C=O) groups is 2. The summed E-state index contributed by atoms with van der Waals surface area (Å²) in [5, 5.41) is 4.91. The van der Waals surface area contributed by atoms with Crippen LogP contribution in [-0.4, -0.2) is 25.0 Å². The van der Waals surface area contributed by atoms with Gasteiger partial charge in [0.15, 0.2) is 0 Å². The van der Waals surface area contributed by atoms with Crippen molar-refractivity contribution >= 4 is 39.1 Å². The summed E-state index contributed by atoms with van der Waals surface area (Å²) in [5.74, 6) is -0.148. The van der Waals surface area contributed by atoms with Gasteiger partial charge in [-0.05, 0) is 42.0 Å². The third-order valence-corrected chi connectivity index (χ3v) is 6.49. The van der Waals surface area contributed by atoms with Crippen LogP contribution < -0.4 is 5.32 Å². The van der Waals surface area contributed by atoms with E-state index in [2.05, 4.69) is 21.2 Å². The number of halogens is 1. The molecule has 0 radical (unpaired) electrons. The molecule has 3 rings (SSSR count). The Kier molecular flexibility index (Phi) is 7.07. The fourth-order valence-electron chi connectivity index (χ4n) is 3.70. The van der Waals surface area contributed by atoms with Crippen LogP contribution in [0.1, 0.15) is 48.9 Å². The van der Waals surface area contributed by atoms with Gasteiger partial charge in [-0.3, -0.25) is 4.79 Å². The van der Waals surface area contributed by atoms with Gasteiger partial charge in [0.2, 0.25) is 0 Å². The molecule has 0 saturated heterocycles. The van der Waals surface area contributed by atoms with Crippen molar-refractivity contribution in [1.82, 2.24) is 5.32 Å². The van der Waals surface area contributed by atoms with Crippen molar-refractivity contribution in [3.05, 3.63) is 45.7 Å². The Bertz CT molecular complexity index is 785. The van der Waals surface area contributed by atoms with Crippen molar-refractivity contribution in [3.63, 3.8) is 0 Å². The molecular weight excluding hydrogens is 426 g/mol. The third kappa shape index (κ3) is 5.20. The van der Waals surface area contributed by atoms with Gasteiger partial charge in [0.25, 0.3) is 5.91 Å². The number of rotatable bonds is 6. The molecule has 1 heterocycles. The van der Waals surface area contributed by atoms with Crippen LogP contribution in [0.5, 0.6) is 0 Å². The molecule has 1 aliphatic carbocycles. The molecule has 4 nitrogen and oxygen atoms in total. The van der Waals surface area contributed by atoms with Crippen LogP contribution >= 0.6 is 27.3 Å². The maximum atomic E-state index is 13.0. The highest BCUT2D eigenvalue weighted by atomic mass is 79.9. The van der Waals surface area contributed by atoms with E-state index in [9.17, 15) is 9.59 Å². The van der Waals surface area contributed by atoms with Crippen LogP contribution in [0.4, 0.5) is 0 Å². The Morgan fingerprint density at radius 3 is 2.70 bits per heavy atom. The van der Waals surface area contributed by atoms with E-state index in [1.807, 2.05) is 29.6 Å². The molecule has 27 heavy (non-hydrogen) atoms. The quantitative estimate of drug-likeness (QED) is 0.598. The lowest BCUT2D eigenvalue weighted by molar-refractivity contribution is -0.143. The molecular formula is C21H24BrNO3S. The minimum atomic E-state index is -0.606. The van der Waals surface area contributed by atoms with E-state index < -0.39 is 6.04 Å². The minimum absolute atomic E-state index is 0.239. The van der Waals surface area contributed by atoms with E-state index in [0.29, 0.717) is 17.9 Å². The van der Waals surface area contributed by atoms with E-state index in [1.165, 1.54) is 26.4 Å². The normalized spacial score (nSPS) is 15.9. The molecule has 1 aliphatic rings. The van der Waals surface area contributed by atoms with Crippen molar-refractivity contribution in [2.24, 2.45) is 5.92 Å². The van der Waals surface area contributed by atoms with Crippen LogP contribution in [-0.2, 0) is 9.53 Å². The first-order chi connectivity index (χ1) is 13.1. The third-order valence-electron chi connectivity index (χ3n) is 5.10. The standard InChI is InChI=1S/C21H24BrNO3S/c1-26-21(25)18(12-14-6-3-2-4-7-14)23-20(24)16-10-9-15(22)13-17(16)19-8-5-11-27-19/h5,8-11,13-14,18H,2-4,6-7,12H2,1H3,(H,23,24)/t18-/m1/s1. The van der Waals surface area contributed by atoms with Gasteiger partial charge in [-0.1, -0.05) is 54.1 Å². The number of carbonyl (C=O) groups excluding carboxylic acids is 2. The number of amides is 1. The number of hydrogen-bond donors (Lipinski definition) is 1. The highest BCUT2D eigenvalue weighted by Gasteiger charge is 2.27. The van der Waals surface area contributed by atoms with Gasteiger partial charge in [-0.2, -0.15) is 0 Å². The molecule has 0 bridgehead atoms. The van der Waals surface area contributed by atoms with Crippen LogP contribution in [0.25, 0.3) is 10.4 Å². The number of nitrogens with one attached hydrogen (secondary N) is 1. The lowest BCUT2D eigenvalue weighted by Crippen LogP contribution is -2.43. The van der Waals surface area contributed by atoms with Crippen molar-refractivity contribution in [1.29, 1.82) is 0 Å². The Morgan fingerprint density at radius 2 is 2.04 bits per heavy atom. The summed E-state index contributed by atoms with van der Waals surface area (Å²) in [6.45, 7) is 0. The molecule has 1 fully saturated rings. The van der Waals surface area contributed by atoms with E-state index in [4.69, 9.17) is 4.74 Å². The zero-order valence-electron chi connectivity index (χ0n) is 15.4. The first-order valence-electron chi connectivity index (χ1n) is 9.30. The highest BCUT2D eigenvalue weighted by molar-refractivity contribution is 9.10. The van der Waals surface area contributed by atoms with E-state index in [0.717, 1.165) is 27.8 Å². The average Bonchev–Trinajstić information content (AvgIpc) is 3.22. The van der Waals surface area contributed by atoms with Crippen LogP contribution in [0.2, 0.25) is 0 Å². The maximum Gasteiger partial charge on any atom is 0.328 e. The number of thiophene rings is 1. The molecule has 2 aromatic rings. The summed E-state index contributed by atoms with van der Waals surface area (Å²) in [4.78, 5) is 26.3. The number of esters is 1. The Balaban J connectivity index is 1.80. The van der Waals surface area contributed by atoms with Gasteiger partial charge < -0.3 is 10.1 Å². The van der Waals surface area contributed by atoms with E-state index in [-0.39, 0.29) is 11.9 Å². The zero-order valence-corrected chi connectivity index (χ0v) is 17.8. The molecule has 1 aromatic carbocycles. The first-order valence-corrected chi connectivity index (χ1v) is 11.0. The summed E-state index contributed by atoms with van der Waals surface area (Å²) in [5.41, 5.74) is 1.43. The van der Waals surface area contributed by atoms with Gasteiger partial charge in [-0.25, -0.2) is 4.79 Å². The van der Waals surface area contributed by atoms with Crippen molar-refractivity contribution in [2.45, 2.75) is 44.6 Å². The van der Waals surface area contributed by atoms with Gasteiger partial charge in [0, 0.05) is 20.5 Å². The molecule has 1 N–H and O–H groups in total. The lowest BCUT2D eigenvalue weighted by atomic mass is 9.84. The second-order valence-corrected chi connectivity index (χ2v) is 8.82. The Hall–Kier alpha value is -1.66. The van der Waals surface area contributed by atoms with Crippen molar-refractivity contribution < 1.29 is 14.3 Å². The molecule has 0 spiro atoms. The molecule has 1 atom stereocenters. The topological polar surface area (TPSA) is 55.4 Å². The van der Waals surface area contributed by atoms with Gasteiger partial charge in [0.05, 0.1) is 7.11 Å². The largest absolute Gasteiger partial charge is 0.467 e. The highest BCUT2D eigenvalue weighted by Crippen LogP contribution is 2.31. The molecule has 144 valence electrons. The van der Waals surface area contributed by atoms with Crippen LogP contribution in [0.15, 0.2) is 40.2 Å². The van der Waals surface area contributed by atoms with Crippen molar-refractivity contribution in [3.8, 4) is 10.4 Å². The summed E-state index contributed by atoms with van der Waals surface area (Å²) >= 11 is 5.06. The summed E-state index contributed by atoms with van der Waals surface area (Å²) in [7, 11) is 1.37. The van der Waals surface area contributed by atoms with Crippen LogP contribution in [0.3, 0.4) is 0 Å². The minimum Gasteiger partial charge on any atom is -0.467 e. The Morgan fingerprint density at radius 1 is 1.26 bits per heavy atom. The number of hydrogen-bond acceptors (Lipinski definition) is 4. The first kappa shape index (κ1) is 20.1. The zero-order chi connectivity index (χ0) is 19.2. The SMILES string of the molecule is COC(=O)[C@@H](CC1CCCCC1)NC(=O)c1ccc(Br)cc1-c1cccs1. The summed E-state index contributed by atoms with van der Waals surface area (Å²) < 4.78 is 5.86. The molecule has 6 heteroatoms. The smallest absolute Gasteiger partial charge is 0.328 e. The second kappa shape index (κ2) is 9.51. The molecule has 0 aliphatic heterocycles. The van der Waals surface area contributed by atoms with E-state index >= 15 is 0 Å². The predicted molar refractivity (Wildman–Crippen MR) is 112 cm³/mol. The lowest BCUT2D eigenvalue weighted by Gasteiger charge is -2.26. The predicted octanol–water partition coefficient (Wildman–Crippen LogP) is 5.42.